The Kier molecular flexibility index (Phi) is 3.55. The first-order valence-corrected chi connectivity index (χ1v) is 7.77. The number of aromatic nitrogens is 2. The van der Waals surface area contributed by atoms with Crippen LogP contribution in [0.25, 0.3) is 33.3 Å². The van der Waals surface area contributed by atoms with Crippen LogP contribution >= 0.6 is 11.6 Å². The Labute approximate surface area is 150 Å². The largest absolute Gasteiger partial charge is 0.422 e. The minimum Gasteiger partial charge on any atom is -0.422 e. The smallest absolute Gasteiger partial charge is 0.349 e. The van der Waals surface area contributed by atoms with Crippen LogP contribution < -0.4 is 11.4 Å². The number of nitrogens with two attached hydrogens (primary N) is 1. The van der Waals surface area contributed by atoms with E-state index in [0.29, 0.717) is 16.5 Å². The van der Waals surface area contributed by atoms with Crippen molar-refractivity contribution < 1.29 is 9.34 Å². The number of hydrogen-bond donors (Lipinski definition) is 1. The molecule has 128 valence electrons. The number of nitrogens with zero attached hydrogens (tertiary/aromatic N) is 3. The van der Waals surface area contributed by atoms with Crippen LogP contribution in [0.5, 0.6) is 0 Å². The minimum absolute atomic E-state index is 0.0500. The molecule has 26 heavy (non-hydrogen) atoms. The van der Waals surface area contributed by atoms with Crippen LogP contribution in [0.2, 0.25) is 5.02 Å². The highest BCUT2D eigenvalue weighted by atomic mass is 35.5. The molecule has 2 aromatic heterocycles. The molecule has 0 saturated heterocycles. The van der Waals surface area contributed by atoms with Crippen LogP contribution in [-0.4, -0.2) is 14.9 Å². The summed E-state index contributed by atoms with van der Waals surface area (Å²) in [5.74, 6) is -0.00784. The van der Waals surface area contributed by atoms with Gasteiger partial charge in [-0.2, -0.15) is 0 Å². The van der Waals surface area contributed by atoms with Gasteiger partial charge in [0.1, 0.15) is 16.8 Å². The van der Waals surface area contributed by atoms with Crippen molar-refractivity contribution >= 4 is 45.0 Å². The molecule has 2 aromatic carbocycles. The predicted molar refractivity (Wildman–Crippen MR) is 97.1 cm³/mol. The van der Waals surface area contributed by atoms with E-state index in [1.54, 1.807) is 24.3 Å². The van der Waals surface area contributed by atoms with Crippen molar-refractivity contribution in [2.45, 2.75) is 0 Å². The van der Waals surface area contributed by atoms with Gasteiger partial charge in [0, 0.05) is 23.1 Å². The van der Waals surface area contributed by atoms with Crippen LogP contribution in [0.15, 0.2) is 51.7 Å². The Morgan fingerprint density at radius 2 is 1.92 bits per heavy atom. The number of non-ortho nitro benzene ring substituents is 1. The molecule has 0 aliphatic carbocycles. The summed E-state index contributed by atoms with van der Waals surface area (Å²) < 4.78 is 5.24. The summed E-state index contributed by atoms with van der Waals surface area (Å²) in [6, 6.07) is 10.8. The molecule has 2 heterocycles. The lowest BCUT2D eigenvalue weighted by Crippen LogP contribution is -2.08. The van der Waals surface area contributed by atoms with Gasteiger partial charge in [-0.05, 0) is 18.2 Å². The molecule has 4 aromatic rings. The highest BCUT2D eigenvalue weighted by Gasteiger charge is 2.18. The maximum atomic E-state index is 12.2. The Morgan fingerprint density at radius 1 is 1.15 bits per heavy atom. The number of halogens is 1. The SMILES string of the molecule is Nc1nc(-c2cc([N+](=O)[O-])ccc2Cl)nc2c1c(=O)oc1ccccc12. The van der Waals surface area contributed by atoms with Crippen molar-refractivity contribution in [3.8, 4) is 11.4 Å². The Hall–Kier alpha value is -3.52. The second-order valence-electron chi connectivity index (χ2n) is 5.46. The number of fused-ring (bicyclic) bond motifs is 3. The van der Waals surface area contributed by atoms with Crippen LogP contribution in [-0.2, 0) is 0 Å². The van der Waals surface area contributed by atoms with Gasteiger partial charge in [0.05, 0.1) is 15.5 Å². The molecule has 0 unspecified atom stereocenters. The zero-order valence-electron chi connectivity index (χ0n) is 13.0. The van der Waals surface area contributed by atoms with Gasteiger partial charge in [-0.1, -0.05) is 23.7 Å². The van der Waals surface area contributed by atoms with Crippen molar-refractivity contribution in [2.24, 2.45) is 0 Å². The topological polar surface area (TPSA) is 125 Å². The maximum Gasteiger partial charge on any atom is 0.349 e. The lowest BCUT2D eigenvalue weighted by molar-refractivity contribution is -0.384. The molecule has 0 amide bonds. The summed E-state index contributed by atoms with van der Waals surface area (Å²) in [6.45, 7) is 0. The second kappa shape index (κ2) is 5.78. The lowest BCUT2D eigenvalue weighted by Gasteiger charge is -2.08. The van der Waals surface area contributed by atoms with Crippen molar-refractivity contribution in [1.82, 2.24) is 9.97 Å². The van der Waals surface area contributed by atoms with Gasteiger partial charge in [0.2, 0.25) is 0 Å². The Bertz CT molecular complexity index is 1270. The van der Waals surface area contributed by atoms with E-state index in [1.165, 1.54) is 18.2 Å². The van der Waals surface area contributed by atoms with Crippen molar-refractivity contribution in [3.05, 3.63) is 68.0 Å². The number of rotatable bonds is 2. The standard InChI is InChI=1S/C17H9ClN4O4/c18-11-6-5-8(22(24)25)7-10(11)16-20-14-9-3-1-2-4-12(9)26-17(23)13(14)15(19)21-16/h1-7H,(H2,19,20,21). The van der Waals surface area contributed by atoms with Gasteiger partial charge in [0.25, 0.3) is 5.69 Å². The molecular weight excluding hydrogens is 360 g/mol. The molecule has 0 spiro atoms. The van der Waals surface area contributed by atoms with E-state index in [2.05, 4.69) is 9.97 Å². The van der Waals surface area contributed by atoms with Crippen LogP contribution in [0, 0.1) is 10.1 Å². The molecule has 2 N–H and O–H groups in total. The van der Waals surface area contributed by atoms with E-state index >= 15 is 0 Å². The number of benzene rings is 2. The highest BCUT2D eigenvalue weighted by molar-refractivity contribution is 6.33. The number of nitrogen functional groups attached to an aromatic ring is 1. The van der Waals surface area contributed by atoms with E-state index in [1.807, 2.05) is 0 Å². The van der Waals surface area contributed by atoms with E-state index in [-0.39, 0.29) is 33.3 Å². The van der Waals surface area contributed by atoms with Crippen LogP contribution in [0.4, 0.5) is 11.5 Å². The molecule has 0 atom stereocenters. The summed E-state index contributed by atoms with van der Waals surface area (Å²) in [5.41, 5.74) is 6.01. The summed E-state index contributed by atoms with van der Waals surface area (Å²) in [7, 11) is 0. The Morgan fingerprint density at radius 3 is 2.69 bits per heavy atom. The first-order chi connectivity index (χ1) is 12.5. The zero-order chi connectivity index (χ0) is 18.4. The fraction of sp³-hybridized carbons (Fsp3) is 0. The van der Waals surface area contributed by atoms with Gasteiger partial charge >= 0.3 is 5.63 Å². The fourth-order valence-electron chi connectivity index (χ4n) is 2.70. The third-order valence-corrected chi connectivity index (χ3v) is 4.22. The van der Waals surface area contributed by atoms with Gasteiger partial charge in [-0.25, -0.2) is 14.8 Å². The summed E-state index contributed by atoms with van der Waals surface area (Å²) >= 11 is 6.16. The van der Waals surface area contributed by atoms with E-state index < -0.39 is 10.5 Å². The number of hydrogen-bond acceptors (Lipinski definition) is 7. The highest BCUT2D eigenvalue weighted by Crippen LogP contribution is 2.32. The molecule has 8 nitrogen and oxygen atoms in total. The summed E-state index contributed by atoms with van der Waals surface area (Å²) in [6.07, 6.45) is 0. The third kappa shape index (κ3) is 2.44. The third-order valence-electron chi connectivity index (χ3n) is 3.89. The minimum atomic E-state index is -0.659. The maximum absolute atomic E-state index is 12.2. The van der Waals surface area contributed by atoms with E-state index in [0.717, 1.165) is 0 Å². The first-order valence-electron chi connectivity index (χ1n) is 7.39. The molecule has 0 radical (unpaired) electrons. The molecule has 0 aliphatic rings. The molecule has 9 heteroatoms. The number of nitro benzene ring substituents is 1. The van der Waals surface area contributed by atoms with Crippen LogP contribution in [0.1, 0.15) is 0 Å². The van der Waals surface area contributed by atoms with E-state index in [9.17, 15) is 14.9 Å². The van der Waals surface area contributed by atoms with Crippen molar-refractivity contribution in [1.29, 1.82) is 0 Å². The fourth-order valence-corrected chi connectivity index (χ4v) is 2.90. The lowest BCUT2D eigenvalue weighted by atomic mass is 10.1. The predicted octanol–water partition coefficient (Wildman–Crippen LogP) is 3.55. The molecular formula is C17H9ClN4O4. The average molecular weight is 369 g/mol. The van der Waals surface area contributed by atoms with Crippen LogP contribution in [0.3, 0.4) is 0 Å². The van der Waals surface area contributed by atoms with Gasteiger partial charge in [-0.15, -0.1) is 0 Å². The van der Waals surface area contributed by atoms with Crippen molar-refractivity contribution in [3.63, 3.8) is 0 Å². The van der Waals surface area contributed by atoms with Gasteiger partial charge in [-0.3, -0.25) is 10.1 Å². The van der Waals surface area contributed by atoms with E-state index in [4.69, 9.17) is 21.8 Å². The Balaban J connectivity index is 2.10. The molecule has 0 fully saturated rings. The molecule has 0 saturated carbocycles. The summed E-state index contributed by atoms with van der Waals surface area (Å²) in [4.78, 5) is 31.2. The van der Waals surface area contributed by atoms with Crippen molar-refractivity contribution in [2.75, 3.05) is 5.73 Å². The number of anilines is 1. The molecule has 4 rings (SSSR count). The number of para-hydroxylation sites is 1. The second-order valence-corrected chi connectivity index (χ2v) is 5.87. The van der Waals surface area contributed by atoms with Gasteiger partial charge in [0.15, 0.2) is 5.82 Å². The molecule has 0 bridgehead atoms. The summed E-state index contributed by atoms with van der Waals surface area (Å²) in [5, 5.41) is 11.9. The quantitative estimate of drug-likeness (QED) is 0.248. The normalized spacial score (nSPS) is 11.1. The first kappa shape index (κ1) is 16.0. The average Bonchev–Trinajstić information content (AvgIpc) is 2.61. The molecule has 0 aliphatic heterocycles. The van der Waals surface area contributed by atoms with Gasteiger partial charge < -0.3 is 10.2 Å². The number of nitro groups is 1. The zero-order valence-corrected chi connectivity index (χ0v) is 13.7. The monoisotopic (exact) mass is 368 g/mol.